The Kier molecular flexibility index (Phi) is 1.58. The second-order valence-electron chi connectivity index (χ2n) is 3.37. The molecule has 1 saturated heterocycles. The fraction of sp³-hybridized carbons (Fsp3) is 0.857. The third-order valence-corrected chi connectivity index (χ3v) is 1.81. The van der Waals surface area contributed by atoms with Gasteiger partial charge in [-0.05, 0) is 20.3 Å². The zero-order valence-corrected chi connectivity index (χ0v) is 5.98. The second-order valence-corrected chi connectivity index (χ2v) is 3.37. The van der Waals surface area contributed by atoms with Crippen molar-refractivity contribution in [2.75, 3.05) is 6.54 Å². The van der Waals surface area contributed by atoms with Crippen LogP contribution in [0.1, 0.15) is 20.3 Å². The Morgan fingerprint density at radius 2 is 2.33 bits per heavy atom. The van der Waals surface area contributed by atoms with Gasteiger partial charge in [-0.1, -0.05) is 0 Å². The number of rotatable bonds is 1. The minimum atomic E-state index is 0.186. The van der Waals surface area contributed by atoms with Gasteiger partial charge in [-0.2, -0.15) is 0 Å². The summed E-state index contributed by atoms with van der Waals surface area (Å²) >= 11 is 0. The summed E-state index contributed by atoms with van der Waals surface area (Å²) in [6, 6.07) is 0. The van der Waals surface area contributed by atoms with Gasteiger partial charge in [0, 0.05) is 18.0 Å². The molecule has 1 aliphatic heterocycles. The van der Waals surface area contributed by atoms with E-state index in [1.54, 1.807) is 0 Å². The lowest BCUT2D eigenvalue weighted by molar-refractivity contribution is -0.110. The SMILES string of the molecule is CC1(C)CC(C=O)CN1. The summed E-state index contributed by atoms with van der Waals surface area (Å²) in [5, 5.41) is 3.27. The molecule has 2 nitrogen and oxygen atoms in total. The fourth-order valence-corrected chi connectivity index (χ4v) is 1.30. The average molecular weight is 127 g/mol. The van der Waals surface area contributed by atoms with Crippen molar-refractivity contribution in [3.8, 4) is 0 Å². The first-order valence-electron chi connectivity index (χ1n) is 3.34. The molecule has 0 aromatic carbocycles. The molecular formula is C7H13NO. The zero-order valence-electron chi connectivity index (χ0n) is 5.98. The first-order chi connectivity index (χ1) is 4.14. The second kappa shape index (κ2) is 2.10. The molecule has 1 unspecified atom stereocenters. The van der Waals surface area contributed by atoms with Crippen molar-refractivity contribution in [2.24, 2.45) is 5.92 Å². The molecule has 2 heteroatoms. The lowest BCUT2D eigenvalue weighted by atomic mass is 9.98. The van der Waals surface area contributed by atoms with Crippen LogP contribution in [0.4, 0.5) is 0 Å². The normalized spacial score (nSPS) is 32.4. The van der Waals surface area contributed by atoms with Gasteiger partial charge in [0.05, 0.1) is 0 Å². The van der Waals surface area contributed by atoms with Crippen LogP contribution in [-0.4, -0.2) is 18.4 Å². The molecule has 1 fully saturated rings. The van der Waals surface area contributed by atoms with Crippen molar-refractivity contribution in [1.29, 1.82) is 0 Å². The molecule has 0 aromatic rings. The molecule has 1 N–H and O–H groups in total. The first-order valence-corrected chi connectivity index (χ1v) is 3.34. The smallest absolute Gasteiger partial charge is 0.124 e. The molecule has 1 aliphatic rings. The van der Waals surface area contributed by atoms with E-state index in [0.29, 0.717) is 0 Å². The molecule has 0 aliphatic carbocycles. The highest BCUT2D eigenvalue weighted by Crippen LogP contribution is 2.20. The van der Waals surface area contributed by atoms with Crippen molar-refractivity contribution in [1.82, 2.24) is 5.32 Å². The molecule has 52 valence electrons. The minimum Gasteiger partial charge on any atom is -0.311 e. The van der Waals surface area contributed by atoms with Gasteiger partial charge < -0.3 is 10.1 Å². The summed E-state index contributed by atoms with van der Waals surface area (Å²) < 4.78 is 0. The van der Waals surface area contributed by atoms with Crippen LogP contribution in [0.2, 0.25) is 0 Å². The highest BCUT2D eigenvalue weighted by Gasteiger charge is 2.29. The van der Waals surface area contributed by atoms with Crippen molar-refractivity contribution in [3.05, 3.63) is 0 Å². The van der Waals surface area contributed by atoms with Crippen LogP contribution in [0.15, 0.2) is 0 Å². The molecule has 0 bridgehead atoms. The summed E-state index contributed by atoms with van der Waals surface area (Å²) in [7, 11) is 0. The van der Waals surface area contributed by atoms with E-state index >= 15 is 0 Å². The van der Waals surface area contributed by atoms with Gasteiger partial charge in [0.2, 0.25) is 0 Å². The predicted molar refractivity (Wildman–Crippen MR) is 36.3 cm³/mol. The van der Waals surface area contributed by atoms with Crippen molar-refractivity contribution >= 4 is 6.29 Å². The van der Waals surface area contributed by atoms with E-state index in [9.17, 15) is 4.79 Å². The number of carbonyl (C=O) groups excluding carboxylic acids is 1. The van der Waals surface area contributed by atoms with E-state index in [-0.39, 0.29) is 11.5 Å². The summed E-state index contributed by atoms with van der Waals surface area (Å²) in [5.74, 6) is 0.250. The van der Waals surface area contributed by atoms with Crippen LogP contribution in [0, 0.1) is 5.92 Å². The van der Waals surface area contributed by atoms with Gasteiger partial charge in [0.15, 0.2) is 0 Å². The van der Waals surface area contributed by atoms with E-state index in [1.165, 1.54) is 0 Å². The summed E-state index contributed by atoms with van der Waals surface area (Å²) in [6.45, 7) is 5.10. The molecule has 1 rings (SSSR count). The molecule has 9 heavy (non-hydrogen) atoms. The van der Waals surface area contributed by atoms with Crippen LogP contribution in [0.25, 0.3) is 0 Å². The highest BCUT2D eigenvalue weighted by molar-refractivity contribution is 5.54. The number of hydrogen-bond acceptors (Lipinski definition) is 2. The van der Waals surface area contributed by atoms with Crippen LogP contribution < -0.4 is 5.32 Å². The Morgan fingerprint density at radius 1 is 1.67 bits per heavy atom. The lowest BCUT2D eigenvalue weighted by Gasteiger charge is -2.16. The zero-order chi connectivity index (χ0) is 6.91. The standard InChI is InChI=1S/C7H13NO/c1-7(2)3-6(5-9)4-8-7/h5-6,8H,3-4H2,1-2H3. The number of nitrogens with one attached hydrogen (secondary N) is 1. The highest BCUT2D eigenvalue weighted by atomic mass is 16.1. The van der Waals surface area contributed by atoms with Crippen LogP contribution in [-0.2, 0) is 4.79 Å². The molecule has 0 radical (unpaired) electrons. The van der Waals surface area contributed by atoms with Crippen molar-refractivity contribution in [3.63, 3.8) is 0 Å². The molecular weight excluding hydrogens is 114 g/mol. The van der Waals surface area contributed by atoms with E-state index in [4.69, 9.17) is 0 Å². The van der Waals surface area contributed by atoms with Gasteiger partial charge in [-0.3, -0.25) is 0 Å². The maximum Gasteiger partial charge on any atom is 0.124 e. The van der Waals surface area contributed by atoms with Gasteiger partial charge in [0.25, 0.3) is 0 Å². The van der Waals surface area contributed by atoms with Crippen LogP contribution in [0.5, 0.6) is 0 Å². The van der Waals surface area contributed by atoms with Crippen LogP contribution in [0.3, 0.4) is 0 Å². The maximum atomic E-state index is 10.3. The molecule has 0 aromatic heterocycles. The molecule has 0 spiro atoms. The molecule has 1 heterocycles. The quantitative estimate of drug-likeness (QED) is 0.522. The Morgan fingerprint density at radius 3 is 2.56 bits per heavy atom. The Labute approximate surface area is 55.6 Å². The maximum absolute atomic E-state index is 10.3. The first kappa shape index (κ1) is 6.75. The molecule has 0 amide bonds. The average Bonchev–Trinajstić information content (AvgIpc) is 2.10. The predicted octanol–water partition coefficient (Wildman–Crippen LogP) is 0.573. The van der Waals surface area contributed by atoms with Gasteiger partial charge >= 0.3 is 0 Å². The largest absolute Gasteiger partial charge is 0.311 e. The lowest BCUT2D eigenvalue weighted by Crippen LogP contribution is -2.31. The van der Waals surface area contributed by atoms with Gasteiger partial charge in [0.1, 0.15) is 6.29 Å². The summed E-state index contributed by atoms with van der Waals surface area (Å²) in [4.78, 5) is 10.3. The third kappa shape index (κ3) is 1.52. The minimum absolute atomic E-state index is 0.186. The monoisotopic (exact) mass is 127 g/mol. The van der Waals surface area contributed by atoms with E-state index in [0.717, 1.165) is 19.3 Å². The Balaban J connectivity index is 2.47. The molecule has 1 atom stereocenters. The van der Waals surface area contributed by atoms with E-state index in [2.05, 4.69) is 19.2 Å². The number of hydrogen-bond donors (Lipinski definition) is 1. The van der Waals surface area contributed by atoms with Crippen molar-refractivity contribution < 1.29 is 4.79 Å². The fourth-order valence-electron chi connectivity index (χ4n) is 1.30. The topological polar surface area (TPSA) is 29.1 Å². The third-order valence-electron chi connectivity index (χ3n) is 1.81. The van der Waals surface area contributed by atoms with Gasteiger partial charge in [-0.25, -0.2) is 0 Å². The molecule has 0 saturated carbocycles. The van der Waals surface area contributed by atoms with Gasteiger partial charge in [-0.15, -0.1) is 0 Å². The number of carbonyl (C=O) groups is 1. The van der Waals surface area contributed by atoms with E-state index < -0.39 is 0 Å². The van der Waals surface area contributed by atoms with Crippen molar-refractivity contribution in [2.45, 2.75) is 25.8 Å². The van der Waals surface area contributed by atoms with Crippen LogP contribution >= 0.6 is 0 Å². The van der Waals surface area contributed by atoms with E-state index in [1.807, 2.05) is 0 Å². The number of aldehydes is 1. The summed E-state index contributed by atoms with van der Waals surface area (Å²) in [5.41, 5.74) is 0.186. The Bertz CT molecular complexity index is 120. The Hall–Kier alpha value is -0.370. The summed E-state index contributed by atoms with van der Waals surface area (Å²) in [6.07, 6.45) is 2.03.